The van der Waals surface area contributed by atoms with Gasteiger partial charge in [-0.15, -0.1) is 0 Å². The van der Waals surface area contributed by atoms with E-state index in [0.29, 0.717) is 18.5 Å². The van der Waals surface area contributed by atoms with E-state index in [0.717, 1.165) is 0 Å². The molecule has 100 valence electrons. The molecule has 0 aliphatic carbocycles. The zero-order valence-corrected chi connectivity index (χ0v) is 11.9. The highest BCUT2D eigenvalue weighted by Gasteiger charge is 2.21. The molecule has 4 nitrogen and oxygen atoms in total. The molecule has 0 unspecified atom stereocenters. The van der Waals surface area contributed by atoms with Gasteiger partial charge in [0.1, 0.15) is 5.15 Å². The van der Waals surface area contributed by atoms with Crippen molar-refractivity contribution < 1.29 is 9.90 Å². The van der Waals surface area contributed by atoms with E-state index >= 15 is 0 Å². The molecule has 0 fully saturated rings. The number of hydrogen-bond acceptors (Lipinski definition) is 3. The van der Waals surface area contributed by atoms with Gasteiger partial charge in [0, 0.05) is 25.4 Å². The van der Waals surface area contributed by atoms with Crippen LogP contribution in [0.25, 0.3) is 0 Å². The predicted molar refractivity (Wildman–Crippen MR) is 72.1 cm³/mol. The SMILES string of the molecule is CC(C)N(CCCO)C(=O)c1cc(Cl)ncc1Cl. The molecule has 0 saturated carbocycles. The number of aliphatic hydroxyl groups excluding tert-OH is 1. The van der Waals surface area contributed by atoms with Crippen LogP contribution in [-0.4, -0.2) is 40.1 Å². The molecule has 0 atom stereocenters. The Labute approximate surface area is 117 Å². The summed E-state index contributed by atoms with van der Waals surface area (Å²) in [6, 6.07) is 1.48. The minimum atomic E-state index is -0.201. The molecular weight excluding hydrogens is 275 g/mol. The Kier molecular flexibility index (Phi) is 5.85. The van der Waals surface area contributed by atoms with Crippen molar-refractivity contribution in [2.24, 2.45) is 0 Å². The van der Waals surface area contributed by atoms with Gasteiger partial charge in [-0.05, 0) is 26.3 Å². The number of pyridine rings is 1. The van der Waals surface area contributed by atoms with Crippen LogP contribution in [-0.2, 0) is 0 Å². The fourth-order valence-electron chi connectivity index (χ4n) is 1.57. The van der Waals surface area contributed by atoms with Crippen LogP contribution >= 0.6 is 23.2 Å². The first-order chi connectivity index (χ1) is 8.47. The summed E-state index contributed by atoms with van der Waals surface area (Å²) in [5.74, 6) is -0.201. The summed E-state index contributed by atoms with van der Waals surface area (Å²) in [6.07, 6.45) is 1.89. The molecular formula is C12H16Cl2N2O2. The van der Waals surface area contributed by atoms with Crippen molar-refractivity contribution >= 4 is 29.1 Å². The highest BCUT2D eigenvalue weighted by molar-refractivity contribution is 6.35. The van der Waals surface area contributed by atoms with E-state index in [1.165, 1.54) is 12.3 Å². The summed E-state index contributed by atoms with van der Waals surface area (Å²) in [4.78, 5) is 17.8. The van der Waals surface area contributed by atoms with E-state index in [4.69, 9.17) is 28.3 Å². The Morgan fingerprint density at radius 3 is 2.72 bits per heavy atom. The molecule has 0 saturated heterocycles. The first-order valence-corrected chi connectivity index (χ1v) is 6.45. The Balaban J connectivity index is 2.98. The number of carbonyl (C=O) groups is 1. The molecule has 0 aliphatic heterocycles. The molecule has 1 amide bonds. The highest BCUT2D eigenvalue weighted by Crippen LogP contribution is 2.21. The van der Waals surface area contributed by atoms with Gasteiger partial charge in [-0.3, -0.25) is 4.79 Å². The van der Waals surface area contributed by atoms with E-state index in [9.17, 15) is 4.79 Å². The number of aliphatic hydroxyl groups is 1. The Morgan fingerprint density at radius 1 is 1.50 bits per heavy atom. The van der Waals surface area contributed by atoms with Crippen LogP contribution in [0.5, 0.6) is 0 Å². The van der Waals surface area contributed by atoms with Gasteiger partial charge in [0.2, 0.25) is 0 Å². The van der Waals surface area contributed by atoms with E-state index in [2.05, 4.69) is 4.98 Å². The maximum absolute atomic E-state index is 12.3. The largest absolute Gasteiger partial charge is 0.396 e. The molecule has 1 aromatic heterocycles. The zero-order valence-electron chi connectivity index (χ0n) is 10.4. The standard InChI is InChI=1S/C12H16Cl2N2O2/c1-8(2)16(4-3-5-17)12(18)9-6-11(14)15-7-10(9)13/h6-8,17H,3-5H2,1-2H3. The Morgan fingerprint density at radius 2 is 2.17 bits per heavy atom. The summed E-state index contributed by atoms with van der Waals surface area (Å²) >= 11 is 11.7. The normalized spacial score (nSPS) is 10.8. The summed E-state index contributed by atoms with van der Waals surface area (Å²) in [5.41, 5.74) is 0.336. The van der Waals surface area contributed by atoms with Crippen molar-refractivity contribution in [3.63, 3.8) is 0 Å². The molecule has 0 aromatic carbocycles. The summed E-state index contributed by atoms with van der Waals surface area (Å²) in [5, 5.41) is 9.36. The molecule has 6 heteroatoms. The average Bonchev–Trinajstić information content (AvgIpc) is 2.32. The quantitative estimate of drug-likeness (QED) is 0.848. The highest BCUT2D eigenvalue weighted by atomic mass is 35.5. The minimum absolute atomic E-state index is 0.0204. The zero-order chi connectivity index (χ0) is 13.7. The lowest BCUT2D eigenvalue weighted by molar-refractivity contribution is 0.0693. The van der Waals surface area contributed by atoms with Gasteiger partial charge < -0.3 is 10.0 Å². The second-order valence-corrected chi connectivity index (χ2v) is 4.95. The molecule has 18 heavy (non-hydrogen) atoms. The lowest BCUT2D eigenvalue weighted by Crippen LogP contribution is -2.38. The topological polar surface area (TPSA) is 53.4 Å². The summed E-state index contributed by atoms with van der Waals surface area (Å²) in [6.45, 7) is 4.34. The number of rotatable bonds is 5. The van der Waals surface area contributed by atoms with Gasteiger partial charge >= 0.3 is 0 Å². The van der Waals surface area contributed by atoms with E-state index in [-0.39, 0.29) is 28.7 Å². The van der Waals surface area contributed by atoms with E-state index in [1.807, 2.05) is 13.8 Å². The van der Waals surface area contributed by atoms with Crippen LogP contribution in [0.4, 0.5) is 0 Å². The molecule has 0 aliphatic rings. The average molecular weight is 291 g/mol. The van der Waals surface area contributed by atoms with Crippen LogP contribution in [0, 0.1) is 0 Å². The fourth-order valence-corrected chi connectivity index (χ4v) is 1.91. The first kappa shape index (κ1) is 15.2. The Bertz CT molecular complexity index is 425. The maximum Gasteiger partial charge on any atom is 0.255 e. The lowest BCUT2D eigenvalue weighted by Gasteiger charge is -2.27. The predicted octanol–water partition coefficient (Wildman–Crippen LogP) is 2.62. The van der Waals surface area contributed by atoms with Crippen LogP contribution in [0.1, 0.15) is 30.6 Å². The lowest BCUT2D eigenvalue weighted by atomic mass is 10.2. The molecule has 1 N–H and O–H groups in total. The molecule has 0 bridgehead atoms. The monoisotopic (exact) mass is 290 g/mol. The van der Waals surface area contributed by atoms with Gasteiger partial charge in [-0.25, -0.2) is 4.98 Å². The van der Waals surface area contributed by atoms with E-state index in [1.54, 1.807) is 4.90 Å². The first-order valence-electron chi connectivity index (χ1n) is 5.70. The van der Waals surface area contributed by atoms with Crippen molar-refractivity contribution in [3.05, 3.63) is 28.0 Å². The molecule has 1 rings (SSSR count). The van der Waals surface area contributed by atoms with Crippen molar-refractivity contribution in [1.29, 1.82) is 0 Å². The van der Waals surface area contributed by atoms with Crippen LogP contribution in [0.15, 0.2) is 12.3 Å². The fraction of sp³-hybridized carbons (Fsp3) is 0.500. The maximum atomic E-state index is 12.3. The van der Waals surface area contributed by atoms with Crippen molar-refractivity contribution in [3.8, 4) is 0 Å². The third-order valence-electron chi connectivity index (χ3n) is 2.49. The number of amides is 1. The molecule has 0 spiro atoms. The van der Waals surface area contributed by atoms with Gasteiger partial charge in [0.05, 0.1) is 10.6 Å². The second-order valence-electron chi connectivity index (χ2n) is 4.16. The molecule has 1 aromatic rings. The van der Waals surface area contributed by atoms with Gasteiger partial charge in [-0.1, -0.05) is 23.2 Å². The second kappa shape index (κ2) is 6.92. The minimum Gasteiger partial charge on any atom is -0.396 e. The van der Waals surface area contributed by atoms with E-state index < -0.39 is 0 Å². The third kappa shape index (κ3) is 3.83. The van der Waals surface area contributed by atoms with Crippen molar-refractivity contribution in [2.45, 2.75) is 26.3 Å². The number of hydrogen-bond donors (Lipinski definition) is 1. The van der Waals surface area contributed by atoms with Crippen LogP contribution in [0.2, 0.25) is 10.2 Å². The molecule has 1 heterocycles. The number of halogens is 2. The van der Waals surface area contributed by atoms with Gasteiger partial charge in [-0.2, -0.15) is 0 Å². The number of nitrogens with zero attached hydrogens (tertiary/aromatic N) is 2. The smallest absolute Gasteiger partial charge is 0.255 e. The van der Waals surface area contributed by atoms with Gasteiger partial charge in [0.15, 0.2) is 0 Å². The van der Waals surface area contributed by atoms with Crippen LogP contribution < -0.4 is 0 Å². The third-order valence-corrected chi connectivity index (χ3v) is 3.00. The summed E-state index contributed by atoms with van der Waals surface area (Å²) in [7, 11) is 0. The van der Waals surface area contributed by atoms with Gasteiger partial charge in [0.25, 0.3) is 5.91 Å². The van der Waals surface area contributed by atoms with Crippen molar-refractivity contribution in [2.75, 3.05) is 13.2 Å². The number of aromatic nitrogens is 1. The molecule has 0 radical (unpaired) electrons. The van der Waals surface area contributed by atoms with Crippen LogP contribution in [0.3, 0.4) is 0 Å². The number of carbonyl (C=O) groups excluding carboxylic acids is 1. The van der Waals surface area contributed by atoms with Crippen molar-refractivity contribution in [1.82, 2.24) is 9.88 Å². The summed E-state index contributed by atoms with van der Waals surface area (Å²) < 4.78 is 0. The Hall–Kier alpha value is -0.840.